The molecule has 0 spiro atoms. The smallest absolute Gasteiger partial charge is 0.412 e. The van der Waals surface area contributed by atoms with E-state index < -0.39 is 29.9 Å². The number of ketones is 1. The summed E-state index contributed by atoms with van der Waals surface area (Å²) in [6.45, 7) is 12.8. The van der Waals surface area contributed by atoms with E-state index in [1.165, 1.54) is 17.1 Å². The van der Waals surface area contributed by atoms with E-state index in [1.54, 1.807) is 26.8 Å². The molecule has 0 aromatic rings. The molecule has 0 aliphatic carbocycles. The van der Waals surface area contributed by atoms with Gasteiger partial charge in [-0.1, -0.05) is 26.5 Å². The molecule has 2 atom stereocenters. The number of rotatable bonds is 7. The lowest BCUT2D eigenvalue weighted by Crippen LogP contribution is -2.57. The third-order valence-electron chi connectivity index (χ3n) is 3.46. The average molecular weight is 366 g/mol. The minimum absolute atomic E-state index is 0.0431. The Labute approximate surface area is 155 Å². The van der Waals surface area contributed by atoms with E-state index in [9.17, 15) is 14.4 Å². The van der Waals surface area contributed by atoms with Crippen molar-refractivity contribution in [3.8, 4) is 0 Å². The van der Waals surface area contributed by atoms with Crippen molar-refractivity contribution in [2.75, 3.05) is 13.2 Å². The fourth-order valence-electron chi connectivity index (χ4n) is 2.44. The first-order valence-electron chi connectivity index (χ1n) is 8.77. The number of amides is 1. The molecule has 0 saturated carbocycles. The highest BCUT2D eigenvalue weighted by Crippen LogP contribution is 2.16. The van der Waals surface area contributed by atoms with Crippen LogP contribution < -0.4 is 5.32 Å². The first-order valence-corrected chi connectivity index (χ1v) is 8.77. The number of hydrogen-bond donors (Lipinski definition) is 1. The molecule has 0 saturated heterocycles. The molecule has 0 aromatic carbocycles. The Hall–Kier alpha value is -2.15. The monoisotopic (exact) mass is 366 g/mol. The maximum Gasteiger partial charge on any atom is 0.412 e. The van der Waals surface area contributed by atoms with Crippen LogP contribution in [-0.4, -0.2) is 53.7 Å². The molecule has 1 rings (SSSR count). The fraction of sp³-hybridized carbons (Fsp3) is 0.632. The molecule has 1 amide bonds. The van der Waals surface area contributed by atoms with Gasteiger partial charge in [-0.3, -0.25) is 19.8 Å². The van der Waals surface area contributed by atoms with Gasteiger partial charge in [0.15, 0.2) is 5.78 Å². The summed E-state index contributed by atoms with van der Waals surface area (Å²) in [4.78, 5) is 37.7. The molecule has 146 valence electrons. The number of carbonyl (C=O) groups excluding carboxylic acids is 3. The Bertz CT molecular complexity index is 563. The van der Waals surface area contributed by atoms with Gasteiger partial charge in [0, 0.05) is 0 Å². The first kappa shape index (κ1) is 21.9. The predicted molar refractivity (Wildman–Crippen MR) is 98.4 cm³/mol. The summed E-state index contributed by atoms with van der Waals surface area (Å²) in [6, 6.07) is -0.619. The largest absolute Gasteiger partial charge is 0.459 e. The molecule has 0 aromatic heterocycles. The van der Waals surface area contributed by atoms with Gasteiger partial charge in [-0.05, 0) is 45.3 Å². The molecule has 0 fully saturated rings. The van der Waals surface area contributed by atoms with Crippen LogP contribution >= 0.6 is 0 Å². The van der Waals surface area contributed by atoms with Crippen molar-refractivity contribution in [1.29, 1.82) is 0 Å². The third kappa shape index (κ3) is 7.39. The van der Waals surface area contributed by atoms with Crippen molar-refractivity contribution in [3.63, 3.8) is 0 Å². The molecule has 1 N–H and O–H groups in total. The number of nitrogens with one attached hydrogen (secondary N) is 1. The Morgan fingerprint density at radius 1 is 1.42 bits per heavy atom. The van der Waals surface area contributed by atoms with Crippen LogP contribution in [0.2, 0.25) is 0 Å². The average Bonchev–Trinajstić information content (AvgIpc) is 2.51. The standard InChI is InChI=1S/C19H30N2O5/c1-7-10-25-18(24)21-12-14(22)8-9-16(21)20-15(11-13(2)3)17(23)26-19(4,5)6/h7-9,13,15-16,20H,1,10-12H2,2-6H3/t15-,16-/m0/s1. The molecule has 7 nitrogen and oxygen atoms in total. The van der Waals surface area contributed by atoms with Gasteiger partial charge in [0.1, 0.15) is 24.4 Å². The zero-order chi connectivity index (χ0) is 19.9. The zero-order valence-corrected chi connectivity index (χ0v) is 16.3. The Balaban J connectivity index is 2.95. The van der Waals surface area contributed by atoms with Crippen molar-refractivity contribution in [2.45, 2.75) is 58.8 Å². The summed E-state index contributed by atoms with van der Waals surface area (Å²) < 4.78 is 10.5. The van der Waals surface area contributed by atoms with E-state index in [0.29, 0.717) is 6.42 Å². The molecule has 0 unspecified atom stereocenters. The molecule has 0 bridgehead atoms. The van der Waals surface area contributed by atoms with Crippen molar-refractivity contribution in [1.82, 2.24) is 10.2 Å². The summed E-state index contributed by atoms with van der Waals surface area (Å²) in [6.07, 6.45) is 3.65. The quantitative estimate of drug-likeness (QED) is 0.550. The second-order valence-corrected chi connectivity index (χ2v) is 7.65. The topological polar surface area (TPSA) is 84.9 Å². The molecule has 1 heterocycles. The van der Waals surface area contributed by atoms with Crippen LogP contribution in [0.4, 0.5) is 4.79 Å². The van der Waals surface area contributed by atoms with Crippen LogP contribution in [0.15, 0.2) is 24.8 Å². The molecule has 7 heteroatoms. The van der Waals surface area contributed by atoms with Crippen molar-refractivity contribution >= 4 is 17.8 Å². The molecular formula is C19H30N2O5. The number of carbonyl (C=O) groups is 3. The molecule has 26 heavy (non-hydrogen) atoms. The van der Waals surface area contributed by atoms with E-state index in [1.807, 2.05) is 13.8 Å². The number of esters is 1. The third-order valence-corrected chi connectivity index (χ3v) is 3.46. The van der Waals surface area contributed by atoms with Crippen molar-refractivity contribution in [2.24, 2.45) is 5.92 Å². The minimum Gasteiger partial charge on any atom is -0.459 e. The molecule has 1 aliphatic heterocycles. The SMILES string of the molecule is C=CCOC(=O)N1CC(=O)C=C[C@H]1N[C@@H](CC(C)C)C(=O)OC(C)(C)C. The highest BCUT2D eigenvalue weighted by atomic mass is 16.6. The second kappa shape index (κ2) is 9.52. The maximum atomic E-state index is 12.6. The van der Waals surface area contributed by atoms with Crippen LogP contribution in [0.25, 0.3) is 0 Å². The van der Waals surface area contributed by atoms with Gasteiger partial charge in [-0.25, -0.2) is 4.79 Å². The van der Waals surface area contributed by atoms with Crippen LogP contribution in [0.1, 0.15) is 41.0 Å². The lowest BCUT2D eigenvalue weighted by Gasteiger charge is -2.34. The Kier molecular flexibility index (Phi) is 8.02. The van der Waals surface area contributed by atoms with Gasteiger partial charge in [0.05, 0.1) is 6.54 Å². The van der Waals surface area contributed by atoms with Gasteiger partial charge in [0.2, 0.25) is 0 Å². The van der Waals surface area contributed by atoms with E-state index in [-0.39, 0.29) is 24.9 Å². The van der Waals surface area contributed by atoms with Crippen molar-refractivity contribution in [3.05, 3.63) is 24.8 Å². The second-order valence-electron chi connectivity index (χ2n) is 7.65. The summed E-state index contributed by atoms with van der Waals surface area (Å²) in [5.74, 6) is -0.373. The minimum atomic E-state index is -0.646. The van der Waals surface area contributed by atoms with Gasteiger partial charge >= 0.3 is 12.1 Å². The lowest BCUT2D eigenvalue weighted by atomic mass is 10.0. The summed E-state index contributed by atoms with van der Waals surface area (Å²) in [5.41, 5.74) is -0.616. The summed E-state index contributed by atoms with van der Waals surface area (Å²) >= 11 is 0. The number of hydrogen-bond acceptors (Lipinski definition) is 6. The Morgan fingerprint density at radius 2 is 2.08 bits per heavy atom. The van der Waals surface area contributed by atoms with E-state index in [2.05, 4.69) is 11.9 Å². The highest BCUT2D eigenvalue weighted by molar-refractivity contribution is 5.94. The van der Waals surface area contributed by atoms with Gasteiger partial charge in [0.25, 0.3) is 0 Å². The van der Waals surface area contributed by atoms with E-state index in [4.69, 9.17) is 9.47 Å². The van der Waals surface area contributed by atoms with E-state index >= 15 is 0 Å². The zero-order valence-electron chi connectivity index (χ0n) is 16.3. The fourth-order valence-corrected chi connectivity index (χ4v) is 2.44. The molecule has 1 aliphatic rings. The van der Waals surface area contributed by atoms with Crippen LogP contribution in [0.3, 0.4) is 0 Å². The summed E-state index contributed by atoms with van der Waals surface area (Å²) in [7, 11) is 0. The molecular weight excluding hydrogens is 336 g/mol. The van der Waals surface area contributed by atoms with Gasteiger partial charge < -0.3 is 9.47 Å². The maximum absolute atomic E-state index is 12.6. The van der Waals surface area contributed by atoms with E-state index in [0.717, 1.165) is 0 Å². The summed E-state index contributed by atoms with van der Waals surface area (Å²) in [5, 5.41) is 3.12. The number of ether oxygens (including phenoxy) is 2. The highest BCUT2D eigenvalue weighted by Gasteiger charge is 2.33. The Morgan fingerprint density at radius 3 is 2.62 bits per heavy atom. The van der Waals surface area contributed by atoms with Crippen LogP contribution in [0, 0.1) is 5.92 Å². The molecule has 0 radical (unpaired) electrons. The first-order chi connectivity index (χ1) is 12.0. The van der Waals surface area contributed by atoms with Crippen molar-refractivity contribution < 1.29 is 23.9 Å². The van der Waals surface area contributed by atoms with Crippen LogP contribution in [0.5, 0.6) is 0 Å². The normalized spacial score (nSPS) is 18.6. The van der Waals surface area contributed by atoms with Crippen LogP contribution in [-0.2, 0) is 19.1 Å². The van der Waals surface area contributed by atoms with Gasteiger partial charge in [-0.15, -0.1) is 0 Å². The predicted octanol–water partition coefficient (Wildman–Crippen LogP) is 2.42. The van der Waals surface area contributed by atoms with Gasteiger partial charge in [-0.2, -0.15) is 0 Å². The number of nitrogens with zero attached hydrogens (tertiary/aromatic N) is 1. The lowest BCUT2D eigenvalue weighted by molar-refractivity contribution is -0.158.